The summed E-state index contributed by atoms with van der Waals surface area (Å²) in [6, 6.07) is 3.17. The highest BCUT2D eigenvalue weighted by molar-refractivity contribution is 5.94. The molecular formula is C22H20N2O12. The Kier molecular flexibility index (Phi) is 8.50. The van der Waals surface area contributed by atoms with Crippen molar-refractivity contribution in [2.75, 3.05) is 14.2 Å². The lowest BCUT2D eigenvalue weighted by molar-refractivity contribution is -0.385. The molecule has 4 N–H and O–H groups in total. The summed E-state index contributed by atoms with van der Waals surface area (Å²) in [6.45, 7) is 0. The monoisotopic (exact) mass is 504 g/mol. The smallest absolute Gasteiger partial charge is 0.342 e. The van der Waals surface area contributed by atoms with Crippen LogP contribution in [-0.2, 0) is 0 Å². The molecular weight excluding hydrogens is 484 g/mol. The van der Waals surface area contributed by atoms with Crippen LogP contribution >= 0.6 is 0 Å². The molecule has 0 saturated heterocycles. The highest BCUT2D eigenvalue weighted by Crippen LogP contribution is 2.44. The average molecular weight is 504 g/mol. The van der Waals surface area contributed by atoms with Gasteiger partial charge in [0.25, 0.3) is 11.4 Å². The first kappa shape index (κ1) is 27.5. The number of carboxylic acid groups (broad SMARTS) is 2. The predicted octanol–water partition coefficient (Wildman–Crippen LogP) is 2.32. The summed E-state index contributed by atoms with van der Waals surface area (Å²) >= 11 is 0. The number of methoxy groups -OCH3 is 2. The number of terminal acetylenes is 1. The van der Waals surface area contributed by atoms with E-state index in [0.29, 0.717) is 0 Å². The lowest BCUT2D eigenvalue weighted by Crippen LogP contribution is -2.22. The number of benzene rings is 2. The van der Waals surface area contributed by atoms with Gasteiger partial charge >= 0.3 is 11.9 Å². The lowest BCUT2D eigenvalue weighted by Gasteiger charge is -2.28. The molecule has 0 aliphatic carbocycles. The van der Waals surface area contributed by atoms with Gasteiger partial charge < -0.3 is 29.9 Å². The Morgan fingerprint density at radius 2 is 1.25 bits per heavy atom. The van der Waals surface area contributed by atoms with Crippen LogP contribution in [-0.4, -0.2) is 56.4 Å². The van der Waals surface area contributed by atoms with Gasteiger partial charge in [-0.2, -0.15) is 0 Å². The number of nitrogens with zero attached hydrogens (tertiary/aromatic N) is 2. The van der Waals surface area contributed by atoms with Gasteiger partial charge in [-0.3, -0.25) is 20.2 Å². The highest BCUT2D eigenvalue weighted by Gasteiger charge is 2.36. The first-order valence-corrected chi connectivity index (χ1v) is 9.88. The number of nitro groups is 2. The van der Waals surface area contributed by atoms with E-state index in [1.807, 2.05) is 0 Å². The number of hydrogen-bond donors (Lipinski definition) is 4. The van der Waals surface area contributed by atoms with E-state index in [2.05, 4.69) is 5.92 Å². The number of aromatic carboxylic acids is 2. The number of rotatable bonds is 11. The highest BCUT2D eigenvalue weighted by atomic mass is 16.6. The molecule has 14 heteroatoms. The molecule has 2 unspecified atom stereocenters. The van der Waals surface area contributed by atoms with E-state index in [-0.39, 0.29) is 29.0 Å². The van der Waals surface area contributed by atoms with Crippen molar-refractivity contribution in [3.8, 4) is 23.8 Å². The maximum Gasteiger partial charge on any atom is 0.342 e. The molecule has 0 radical (unpaired) electrons. The van der Waals surface area contributed by atoms with Crippen molar-refractivity contribution in [2.24, 2.45) is 5.92 Å². The minimum atomic E-state index is -1.81. The number of nitro benzene ring substituents is 2. The van der Waals surface area contributed by atoms with E-state index in [9.17, 15) is 50.2 Å². The van der Waals surface area contributed by atoms with Gasteiger partial charge in [-0.05, 0) is 0 Å². The molecule has 0 heterocycles. The molecule has 2 aromatic rings. The first-order chi connectivity index (χ1) is 16.9. The fourth-order valence-electron chi connectivity index (χ4n) is 3.62. The average Bonchev–Trinajstić information content (AvgIpc) is 2.84. The van der Waals surface area contributed by atoms with Crippen LogP contribution in [0.4, 0.5) is 11.4 Å². The van der Waals surface area contributed by atoms with E-state index >= 15 is 0 Å². The second-order valence-electron chi connectivity index (χ2n) is 7.31. The van der Waals surface area contributed by atoms with Gasteiger partial charge in [0, 0.05) is 47.7 Å². The second-order valence-corrected chi connectivity index (χ2v) is 7.31. The quantitative estimate of drug-likeness (QED) is 0.197. The van der Waals surface area contributed by atoms with Crippen LogP contribution in [0.3, 0.4) is 0 Å². The van der Waals surface area contributed by atoms with Crippen molar-refractivity contribution in [3.05, 3.63) is 66.7 Å². The third kappa shape index (κ3) is 5.32. The number of aliphatic hydroxyl groups excluding tert-OH is 2. The van der Waals surface area contributed by atoms with Gasteiger partial charge in [-0.1, -0.05) is 0 Å². The molecule has 0 spiro atoms. The maximum absolute atomic E-state index is 11.4. The fourth-order valence-corrected chi connectivity index (χ4v) is 3.62. The molecule has 36 heavy (non-hydrogen) atoms. The zero-order valence-electron chi connectivity index (χ0n) is 18.8. The molecule has 0 fully saturated rings. The Hall–Kier alpha value is -4.74. The SMILES string of the molecule is C#CCC(C(O)c1cc([N+](=O)[O-])c(C(=O)O)cc1OC)C(O)c1cc([N+](=O)[O-])c(C(=O)O)cc1OC. The number of carboxylic acids is 2. The van der Waals surface area contributed by atoms with Gasteiger partial charge in [0.1, 0.15) is 22.6 Å². The van der Waals surface area contributed by atoms with Crippen molar-refractivity contribution >= 4 is 23.3 Å². The maximum atomic E-state index is 11.4. The lowest BCUT2D eigenvalue weighted by atomic mass is 9.83. The molecule has 2 rings (SSSR count). The molecule has 0 amide bonds. The number of ether oxygens (including phenoxy) is 2. The normalized spacial score (nSPS) is 13.1. The largest absolute Gasteiger partial charge is 0.496 e. The van der Waals surface area contributed by atoms with E-state index in [4.69, 9.17) is 15.9 Å². The summed E-state index contributed by atoms with van der Waals surface area (Å²) in [5.74, 6) is -2.95. The van der Waals surface area contributed by atoms with Crippen LogP contribution in [0.25, 0.3) is 0 Å². The molecule has 2 atom stereocenters. The van der Waals surface area contributed by atoms with Crippen LogP contribution in [0.15, 0.2) is 24.3 Å². The molecule has 0 aliphatic heterocycles. The van der Waals surface area contributed by atoms with Gasteiger partial charge in [0.2, 0.25) is 0 Å². The Morgan fingerprint density at radius 1 is 0.889 bits per heavy atom. The summed E-state index contributed by atoms with van der Waals surface area (Å²) in [5.41, 5.74) is -3.75. The molecule has 14 nitrogen and oxygen atoms in total. The van der Waals surface area contributed by atoms with Crippen molar-refractivity contribution in [1.82, 2.24) is 0 Å². The Labute approximate surface area is 202 Å². The standard InChI is InChI=1S/C22H20N2O12/c1-4-5-10(19(25)13-6-15(23(31)32)11(21(27)28)8-17(13)35-2)20(26)14-7-16(24(33)34)12(22(29)30)9-18(14)36-3/h1,6-10,19-20,25-26H,5H2,2-3H3,(H,27,28)(H,29,30). The van der Waals surface area contributed by atoms with Crippen molar-refractivity contribution in [2.45, 2.75) is 18.6 Å². The van der Waals surface area contributed by atoms with Crippen molar-refractivity contribution in [3.63, 3.8) is 0 Å². The predicted molar refractivity (Wildman–Crippen MR) is 120 cm³/mol. The molecule has 0 bridgehead atoms. The summed E-state index contributed by atoms with van der Waals surface area (Å²) in [4.78, 5) is 43.8. The van der Waals surface area contributed by atoms with Gasteiger partial charge in [-0.15, -0.1) is 12.3 Å². The van der Waals surface area contributed by atoms with E-state index in [1.165, 1.54) is 0 Å². The minimum Gasteiger partial charge on any atom is -0.496 e. The third-order valence-corrected chi connectivity index (χ3v) is 5.35. The first-order valence-electron chi connectivity index (χ1n) is 9.88. The van der Waals surface area contributed by atoms with Crippen LogP contribution in [0.5, 0.6) is 11.5 Å². The topological polar surface area (TPSA) is 220 Å². The fraction of sp³-hybridized carbons (Fsp3) is 0.273. The van der Waals surface area contributed by atoms with Crippen LogP contribution < -0.4 is 9.47 Å². The van der Waals surface area contributed by atoms with Crippen molar-refractivity contribution < 1.29 is 49.3 Å². The summed E-state index contributed by atoms with van der Waals surface area (Å²) < 4.78 is 10.2. The minimum absolute atomic E-state index is 0.265. The Bertz CT molecular complexity index is 1180. The third-order valence-electron chi connectivity index (χ3n) is 5.35. The van der Waals surface area contributed by atoms with Gasteiger partial charge in [0.05, 0.1) is 36.3 Å². The summed E-state index contributed by atoms with van der Waals surface area (Å²) in [6.07, 6.45) is 1.38. The number of aliphatic hydroxyl groups is 2. The molecule has 0 saturated carbocycles. The Balaban J connectivity index is 2.73. The van der Waals surface area contributed by atoms with E-state index < -0.39 is 62.4 Å². The molecule has 0 aromatic heterocycles. The summed E-state index contributed by atoms with van der Waals surface area (Å²) in [7, 11) is 2.24. The second kappa shape index (κ2) is 11.1. The number of carbonyl (C=O) groups is 2. The van der Waals surface area contributed by atoms with Gasteiger partial charge in [0.15, 0.2) is 0 Å². The van der Waals surface area contributed by atoms with Crippen LogP contribution in [0.1, 0.15) is 50.5 Å². The zero-order chi connectivity index (χ0) is 27.3. The van der Waals surface area contributed by atoms with E-state index in [0.717, 1.165) is 38.5 Å². The molecule has 0 aliphatic rings. The molecule has 190 valence electrons. The van der Waals surface area contributed by atoms with Crippen LogP contribution in [0.2, 0.25) is 0 Å². The summed E-state index contributed by atoms with van der Waals surface area (Å²) in [5, 5.41) is 63.6. The van der Waals surface area contributed by atoms with E-state index in [1.54, 1.807) is 0 Å². The van der Waals surface area contributed by atoms with Crippen molar-refractivity contribution in [1.29, 1.82) is 0 Å². The molecule has 2 aromatic carbocycles. The number of hydrogen-bond acceptors (Lipinski definition) is 10. The zero-order valence-corrected chi connectivity index (χ0v) is 18.8. The van der Waals surface area contributed by atoms with Gasteiger partial charge in [-0.25, -0.2) is 9.59 Å². The Morgan fingerprint density at radius 3 is 1.50 bits per heavy atom. The van der Waals surface area contributed by atoms with Crippen LogP contribution in [0, 0.1) is 38.5 Å².